The van der Waals surface area contributed by atoms with Crippen molar-refractivity contribution in [2.24, 2.45) is 7.05 Å². The molecule has 0 saturated heterocycles. The van der Waals surface area contributed by atoms with Gasteiger partial charge in [-0.25, -0.2) is 12.4 Å². The van der Waals surface area contributed by atoms with Crippen LogP contribution in [0, 0.1) is 0 Å². The zero-order chi connectivity index (χ0) is 18.4. The van der Waals surface area contributed by atoms with Gasteiger partial charge in [0.05, 0.1) is 22.8 Å². The van der Waals surface area contributed by atoms with Crippen LogP contribution in [0.3, 0.4) is 0 Å². The average Bonchev–Trinajstić information content (AvgIpc) is 3.04. The third-order valence-corrected chi connectivity index (χ3v) is 5.27. The molecule has 0 atom stereocenters. The van der Waals surface area contributed by atoms with Crippen LogP contribution in [-0.2, 0) is 17.1 Å². The highest BCUT2D eigenvalue weighted by molar-refractivity contribution is 7.89. The second kappa shape index (κ2) is 6.20. The molecule has 0 aliphatic heterocycles. The summed E-state index contributed by atoms with van der Waals surface area (Å²) in [7, 11) is 2.03. The quantitative estimate of drug-likeness (QED) is 0.741. The summed E-state index contributed by atoms with van der Waals surface area (Å²) in [6, 6.07) is 9.20. The summed E-state index contributed by atoms with van der Waals surface area (Å²) in [5.41, 5.74) is 2.31. The Morgan fingerprint density at radius 3 is 2.52 bits per heavy atom. The number of aromatic nitrogens is 2. The Bertz CT molecular complexity index is 1060. The predicted molar refractivity (Wildman–Crippen MR) is 99.5 cm³/mol. The van der Waals surface area contributed by atoms with E-state index < -0.39 is 15.9 Å². The number of carbonyl (C=O) groups is 1. The van der Waals surface area contributed by atoms with Gasteiger partial charge in [0.1, 0.15) is 5.69 Å². The van der Waals surface area contributed by atoms with Gasteiger partial charge < -0.3 is 14.8 Å². The molecule has 0 fully saturated rings. The van der Waals surface area contributed by atoms with Gasteiger partial charge in [0.25, 0.3) is 5.91 Å². The highest BCUT2D eigenvalue weighted by Crippen LogP contribution is 2.31. The van der Waals surface area contributed by atoms with E-state index in [1.165, 1.54) is 0 Å². The van der Waals surface area contributed by atoms with Crippen molar-refractivity contribution < 1.29 is 13.2 Å². The van der Waals surface area contributed by atoms with Crippen LogP contribution in [0.1, 0.15) is 10.5 Å². The summed E-state index contributed by atoms with van der Waals surface area (Å²) in [5, 5.41) is 3.59. The van der Waals surface area contributed by atoms with Crippen molar-refractivity contribution in [1.29, 1.82) is 0 Å². The molecule has 3 rings (SSSR count). The predicted octanol–water partition coefficient (Wildman–Crippen LogP) is 1.23. The molecule has 0 radical (unpaired) electrons. The van der Waals surface area contributed by atoms with Crippen LogP contribution in [-0.4, -0.2) is 61.2 Å². The minimum absolute atomic E-state index is 0.132. The number of fused-ring (bicyclic) bond motifs is 3. The van der Waals surface area contributed by atoms with Crippen molar-refractivity contribution in [1.82, 2.24) is 18.8 Å². The lowest BCUT2D eigenvalue weighted by atomic mass is 10.2. The Morgan fingerprint density at radius 2 is 1.88 bits per heavy atom. The van der Waals surface area contributed by atoms with Crippen LogP contribution >= 0.6 is 0 Å². The van der Waals surface area contributed by atoms with Gasteiger partial charge in [-0.2, -0.15) is 0 Å². The molecule has 2 aromatic heterocycles. The van der Waals surface area contributed by atoms with Gasteiger partial charge in [0, 0.05) is 25.5 Å². The molecule has 1 N–H and O–H groups in total. The lowest BCUT2D eigenvalue weighted by Gasteiger charge is -2.12. The van der Waals surface area contributed by atoms with E-state index in [0.717, 1.165) is 21.1 Å². The molecule has 0 unspecified atom stereocenters. The minimum atomic E-state index is -3.65. The number of aryl methyl sites for hydroxylation is 1. The van der Waals surface area contributed by atoms with E-state index in [9.17, 15) is 13.2 Å². The van der Waals surface area contributed by atoms with Crippen molar-refractivity contribution in [3.63, 3.8) is 0 Å². The van der Waals surface area contributed by atoms with E-state index in [1.54, 1.807) is 6.07 Å². The summed E-state index contributed by atoms with van der Waals surface area (Å²) in [4.78, 5) is 14.5. The molecule has 0 bridgehead atoms. The first-order valence-corrected chi connectivity index (χ1v) is 9.79. The molecule has 0 aliphatic carbocycles. The van der Waals surface area contributed by atoms with Crippen LogP contribution in [0.2, 0.25) is 0 Å². The van der Waals surface area contributed by atoms with Crippen LogP contribution < -0.4 is 5.32 Å². The maximum Gasteiger partial charge on any atom is 0.269 e. The maximum atomic E-state index is 12.6. The SMILES string of the molecule is CN(C)CCNC(=O)c1cc2c(c3ccccc3n2C)n1S(C)(=O)=O. The molecule has 8 heteroatoms. The molecule has 25 heavy (non-hydrogen) atoms. The number of para-hydroxylation sites is 1. The minimum Gasteiger partial charge on any atom is -0.349 e. The Kier molecular flexibility index (Phi) is 4.34. The van der Waals surface area contributed by atoms with Crippen LogP contribution in [0.15, 0.2) is 30.3 Å². The first-order valence-electron chi connectivity index (χ1n) is 7.94. The first kappa shape index (κ1) is 17.5. The molecule has 7 nitrogen and oxygen atoms in total. The normalized spacial score (nSPS) is 12.4. The highest BCUT2D eigenvalue weighted by Gasteiger charge is 2.25. The summed E-state index contributed by atoms with van der Waals surface area (Å²) in [5.74, 6) is -0.396. The number of benzene rings is 1. The number of hydrogen-bond acceptors (Lipinski definition) is 4. The Hall–Kier alpha value is -2.32. The van der Waals surface area contributed by atoms with Gasteiger partial charge in [-0.05, 0) is 26.2 Å². The van der Waals surface area contributed by atoms with E-state index >= 15 is 0 Å². The van der Waals surface area contributed by atoms with Crippen molar-refractivity contribution in [3.05, 3.63) is 36.0 Å². The fraction of sp³-hybridized carbons (Fsp3) is 0.353. The van der Waals surface area contributed by atoms with Crippen molar-refractivity contribution in [3.8, 4) is 0 Å². The summed E-state index contributed by atoms with van der Waals surface area (Å²) >= 11 is 0. The van der Waals surface area contributed by atoms with Crippen molar-refractivity contribution in [2.45, 2.75) is 0 Å². The first-order chi connectivity index (χ1) is 11.7. The molecule has 3 aromatic rings. The van der Waals surface area contributed by atoms with Gasteiger partial charge in [0.15, 0.2) is 0 Å². The fourth-order valence-electron chi connectivity index (χ4n) is 3.07. The van der Waals surface area contributed by atoms with E-state index in [0.29, 0.717) is 24.1 Å². The lowest BCUT2D eigenvalue weighted by molar-refractivity contribution is 0.0945. The molecule has 134 valence electrons. The zero-order valence-corrected chi connectivity index (χ0v) is 15.6. The zero-order valence-electron chi connectivity index (χ0n) is 14.8. The van der Waals surface area contributed by atoms with Gasteiger partial charge in [-0.1, -0.05) is 18.2 Å². The Morgan fingerprint density at radius 1 is 1.20 bits per heavy atom. The fourth-order valence-corrected chi connectivity index (χ4v) is 4.08. The van der Waals surface area contributed by atoms with E-state index in [4.69, 9.17) is 0 Å². The lowest BCUT2D eigenvalue weighted by Crippen LogP contribution is -2.33. The van der Waals surface area contributed by atoms with E-state index in [2.05, 4.69) is 5.32 Å². The molecule has 0 saturated carbocycles. The second-order valence-electron chi connectivity index (χ2n) is 6.43. The average molecular weight is 362 g/mol. The van der Waals surface area contributed by atoms with Gasteiger partial charge in [0.2, 0.25) is 10.0 Å². The number of likely N-dealkylation sites (N-methyl/N-ethyl adjacent to an activating group) is 1. The smallest absolute Gasteiger partial charge is 0.269 e. The van der Waals surface area contributed by atoms with Crippen LogP contribution in [0.4, 0.5) is 0 Å². The number of nitrogens with one attached hydrogen (secondary N) is 1. The van der Waals surface area contributed by atoms with Crippen LogP contribution in [0.5, 0.6) is 0 Å². The van der Waals surface area contributed by atoms with E-state index in [-0.39, 0.29) is 5.69 Å². The Labute approximate surface area is 146 Å². The highest BCUT2D eigenvalue weighted by atomic mass is 32.2. The molecule has 1 aromatic carbocycles. The van der Waals surface area contributed by atoms with E-state index in [1.807, 2.05) is 54.9 Å². The molecule has 0 aliphatic rings. The second-order valence-corrected chi connectivity index (χ2v) is 8.26. The number of hydrogen-bond donors (Lipinski definition) is 1. The summed E-state index contributed by atoms with van der Waals surface area (Å²) < 4.78 is 27.9. The third-order valence-electron chi connectivity index (χ3n) is 4.23. The maximum absolute atomic E-state index is 12.6. The largest absolute Gasteiger partial charge is 0.349 e. The number of amides is 1. The number of carbonyl (C=O) groups excluding carboxylic acids is 1. The van der Waals surface area contributed by atoms with Gasteiger partial charge in [-0.15, -0.1) is 0 Å². The van der Waals surface area contributed by atoms with Crippen molar-refractivity contribution >= 4 is 37.9 Å². The molecule has 2 heterocycles. The number of rotatable bonds is 5. The summed E-state index contributed by atoms with van der Waals surface area (Å²) in [6.07, 6.45) is 1.12. The topological polar surface area (TPSA) is 76.3 Å². The Balaban J connectivity index is 2.20. The third kappa shape index (κ3) is 3.03. The molecular weight excluding hydrogens is 340 g/mol. The van der Waals surface area contributed by atoms with Gasteiger partial charge in [-0.3, -0.25) is 4.79 Å². The number of nitrogens with zero attached hydrogens (tertiary/aromatic N) is 3. The van der Waals surface area contributed by atoms with Crippen molar-refractivity contribution in [2.75, 3.05) is 33.4 Å². The summed E-state index contributed by atoms with van der Waals surface area (Å²) in [6.45, 7) is 1.12. The molecule has 1 amide bonds. The van der Waals surface area contributed by atoms with Gasteiger partial charge >= 0.3 is 0 Å². The molecular formula is C17H22N4O3S. The monoisotopic (exact) mass is 362 g/mol. The standard InChI is InChI=1S/C17H22N4O3S/c1-19(2)10-9-18-17(22)15-11-14-16(21(15)25(4,23)24)12-7-5-6-8-13(12)20(14)3/h5-8,11H,9-10H2,1-4H3,(H,18,22). The van der Waals surface area contributed by atoms with Crippen LogP contribution in [0.25, 0.3) is 21.9 Å². The molecule has 0 spiro atoms.